The first kappa shape index (κ1) is 16.1. The Morgan fingerprint density at radius 3 is 2.53 bits per heavy atom. The molecule has 0 N–H and O–H groups in total. The van der Waals surface area contributed by atoms with Gasteiger partial charge in [-0.3, -0.25) is 4.79 Å². The van der Waals surface area contributed by atoms with Crippen LogP contribution in [0.1, 0.15) is 32.3 Å². The van der Waals surface area contributed by atoms with Crippen LogP contribution in [0.25, 0.3) is 0 Å². The average Bonchev–Trinajstić information content (AvgIpc) is 2.37. The molecule has 0 bridgehead atoms. The van der Waals surface area contributed by atoms with Crippen LogP contribution in [-0.2, 0) is 20.3 Å². The summed E-state index contributed by atoms with van der Waals surface area (Å²) in [6, 6.07) is 9.68. The molecule has 0 aromatic heterocycles. The molecule has 0 spiro atoms. The van der Waals surface area contributed by atoms with Gasteiger partial charge < -0.3 is 8.92 Å². The van der Waals surface area contributed by atoms with Crippen molar-refractivity contribution in [2.24, 2.45) is 11.8 Å². The fourth-order valence-corrected chi connectivity index (χ4v) is 2.23. The highest BCUT2D eigenvalue weighted by atomic mass is 32.1. The molecule has 0 saturated heterocycles. The van der Waals surface area contributed by atoms with Crippen LogP contribution in [0.4, 0.5) is 0 Å². The number of esters is 1. The van der Waals surface area contributed by atoms with Crippen LogP contribution in [0.5, 0.6) is 0 Å². The molecule has 0 heterocycles. The zero-order chi connectivity index (χ0) is 14.1. The van der Waals surface area contributed by atoms with Gasteiger partial charge in [0.05, 0.1) is 13.0 Å². The number of ether oxygens (including phenoxy) is 1. The smallest absolute Gasteiger partial charge is 0.306 e. The number of carbonyl (C=O) groups is 1. The zero-order valence-corrected chi connectivity index (χ0v) is 12.4. The monoisotopic (exact) mass is 282 g/mol. The standard InChI is InChI=1S/C15H22O3S/c1-12(2)8-14(11-18-19)9-15(16)17-10-13-6-4-3-5-7-13/h3-7,12,14,19H,8-11H2,1-2H3/t14-/m0/s1. The van der Waals surface area contributed by atoms with Gasteiger partial charge in [-0.25, -0.2) is 0 Å². The molecule has 1 atom stereocenters. The number of carbonyl (C=O) groups excluding carboxylic acids is 1. The highest BCUT2D eigenvalue weighted by Crippen LogP contribution is 2.17. The van der Waals surface area contributed by atoms with E-state index >= 15 is 0 Å². The lowest BCUT2D eigenvalue weighted by molar-refractivity contribution is -0.146. The average molecular weight is 282 g/mol. The Kier molecular flexibility index (Phi) is 7.60. The highest BCUT2D eigenvalue weighted by molar-refractivity contribution is 7.75. The van der Waals surface area contributed by atoms with Crippen LogP contribution >= 0.6 is 12.9 Å². The van der Waals surface area contributed by atoms with Gasteiger partial charge in [0.2, 0.25) is 0 Å². The molecule has 0 fully saturated rings. The predicted molar refractivity (Wildman–Crippen MR) is 78.7 cm³/mol. The van der Waals surface area contributed by atoms with Crippen LogP contribution in [0.15, 0.2) is 30.3 Å². The first-order valence-electron chi connectivity index (χ1n) is 6.57. The topological polar surface area (TPSA) is 35.5 Å². The second-order valence-corrected chi connectivity index (χ2v) is 5.40. The van der Waals surface area contributed by atoms with E-state index in [1.807, 2.05) is 30.3 Å². The van der Waals surface area contributed by atoms with E-state index in [0.717, 1.165) is 12.0 Å². The molecule has 0 unspecified atom stereocenters. The molecule has 106 valence electrons. The third-order valence-electron chi connectivity index (χ3n) is 2.81. The molecule has 0 aliphatic rings. The maximum absolute atomic E-state index is 11.8. The summed E-state index contributed by atoms with van der Waals surface area (Å²) in [7, 11) is 0. The van der Waals surface area contributed by atoms with E-state index in [9.17, 15) is 4.79 Å². The van der Waals surface area contributed by atoms with Gasteiger partial charge in [0.15, 0.2) is 0 Å². The van der Waals surface area contributed by atoms with Crippen molar-refractivity contribution in [2.75, 3.05) is 6.61 Å². The Hall–Kier alpha value is -1.00. The SMILES string of the molecule is CC(C)C[C@H](COS)CC(=O)OCc1ccccc1. The van der Waals surface area contributed by atoms with Gasteiger partial charge in [-0.05, 0) is 36.7 Å². The summed E-state index contributed by atoms with van der Waals surface area (Å²) in [5, 5.41) is 0. The Bertz CT molecular complexity index is 365. The molecule has 0 amide bonds. The minimum absolute atomic E-state index is 0.167. The summed E-state index contributed by atoms with van der Waals surface area (Å²) in [4.78, 5) is 11.8. The van der Waals surface area contributed by atoms with E-state index in [0.29, 0.717) is 25.6 Å². The summed E-state index contributed by atoms with van der Waals surface area (Å²) in [5.74, 6) is 0.510. The van der Waals surface area contributed by atoms with E-state index in [1.54, 1.807) is 0 Å². The maximum atomic E-state index is 11.8. The number of hydrogen-bond donors (Lipinski definition) is 1. The van der Waals surface area contributed by atoms with E-state index in [1.165, 1.54) is 0 Å². The lowest BCUT2D eigenvalue weighted by Crippen LogP contribution is -2.17. The predicted octanol–water partition coefficient (Wildman–Crippen LogP) is 3.64. The van der Waals surface area contributed by atoms with Crippen LogP contribution in [-0.4, -0.2) is 12.6 Å². The second kappa shape index (κ2) is 8.99. The molecule has 1 aromatic rings. The molecule has 0 aliphatic carbocycles. The highest BCUT2D eigenvalue weighted by Gasteiger charge is 2.16. The Labute approximate surface area is 120 Å². The van der Waals surface area contributed by atoms with Crippen molar-refractivity contribution in [3.63, 3.8) is 0 Å². The fraction of sp³-hybridized carbons (Fsp3) is 0.533. The third-order valence-corrected chi connectivity index (χ3v) is 2.96. The molecule has 0 radical (unpaired) electrons. The van der Waals surface area contributed by atoms with Crippen molar-refractivity contribution in [1.82, 2.24) is 0 Å². The second-order valence-electron chi connectivity index (χ2n) is 5.14. The van der Waals surface area contributed by atoms with Crippen molar-refractivity contribution in [3.05, 3.63) is 35.9 Å². The van der Waals surface area contributed by atoms with Gasteiger partial charge in [-0.15, -0.1) is 0 Å². The molecule has 0 aliphatic heterocycles. The number of thiol groups is 1. The molecule has 3 nitrogen and oxygen atoms in total. The van der Waals surface area contributed by atoms with Crippen LogP contribution in [0.2, 0.25) is 0 Å². The summed E-state index contributed by atoms with van der Waals surface area (Å²) in [6.45, 7) is 5.05. The van der Waals surface area contributed by atoms with Crippen molar-refractivity contribution in [3.8, 4) is 0 Å². The van der Waals surface area contributed by atoms with E-state index in [-0.39, 0.29) is 11.9 Å². The number of benzene rings is 1. The minimum Gasteiger partial charge on any atom is -0.461 e. The van der Waals surface area contributed by atoms with Gasteiger partial charge in [0, 0.05) is 0 Å². The number of rotatable bonds is 8. The maximum Gasteiger partial charge on any atom is 0.306 e. The van der Waals surface area contributed by atoms with Crippen molar-refractivity contribution < 1.29 is 13.7 Å². The van der Waals surface area contributed by atoms with Gasteiger partial charge >= 0.3 is 5.97 Å². The van der Waals surface area contributed by atoms with Gasteiger partial charge in [-0.1, -0.05) is 44.2 Å². The zero-order valence-electron chi connectivity index (χ0n) is 11.5. The van der Waals surface area contributed by atoms with Gasteiger partial charge in [0.25, 0.3) is 0 Å². The largest absolute Gasteiger partial charge is 0.461 e. The molecular weight excluding hydrogens is 260 g/mol. The van der Waals surface area contributed by atoms with Gasteiger partial charge in [0.1, 0.15) is 6.61 Å². The lowest BCUT2D eigenvalue weighted by atomic mass is 9.95. The third kappa shape index (κ3) is 7.23. The molecule has 19 heavy (non-hydrogen) atoms. The Morgan fingerprint density at radius 1 is 1.26 bits per heavy atom. The van der Waals surface area contributed by atoms with E-state index in [2.05, 4.69) is 26.8 Å². The lowest BCUT2D eigenvalue weighted by Gasteiger charge is -2.16. The Balaban J connectivity index is 2.35. The molecule has 4 heteroatoms. The van der Waals surface area contributed by atoms with Crippen molar-refractivity contribution >= 4 is 18.9 Å². The summed E-state index contributed by atoms with van der Waals surface area (Å²) in [6.07, 6.45) is 1.31. The Morgan fingerprint density at radius 2 is 1.95 bits per heavy atom. The van der Waals surface area contributed by atoms with Crippen molar-refractivity contribution in [2.45, 2.75) is 33.3 Å². The van der Waals surface area contributed by atoms with Crippen LogP contribution in [0, 0.1) is 11.8 Å². The first-order chi connectivity index (χ1) is 9.11. The molecule has 0 saturated carbocycles. The van der Waals surface area contributed by atoms with Crippen LogP contribution in [0.3, 0.4) is 0 Å². The normalized spacial score (nSPS) is 12.4. The van der Waals surface area contributed by atoms with Gasteiger partial charge in [-0.2, -0.15) is 0 Å². The summed E-state index contributed by atoms with van der Waals surface area (Å²) < 4.78 is 10.1. The summed E-state index contributed by atoms with van der Waals surface area (Å²) in [5.41, 5.74) is 1.00. The fourth-order valence-electron chi connectivity index (χ4n) is 2.02. The quantitative estimate of drug-likeness (QED) is 0.449. The van der Waals surface area contributed by atoms with E-state index < -0.39 is 0 Å². The summed E-state index contributed by atoms with van der Waals surface area (Å²) >= 11 is 3.76. The molecule has 1 aromatic carbocycles. The first-order valence-corrected chi connectivity index (χ1v) is 6.94. The van der Waals surface area contributed by atoms with Crippen LogP contribution < -0.4 is 0 Å². The minimum atomic E-state index is -0.181. The molecule has 1 rings (SSSR count). The molecular formula is C15H22O3S. The van der Waals surface area contributed by atoms with Crippen molar-refractivity contribution in [1.29, 1.82) is 0 Å². The van der Waals surface area contributed by atoms with E-state index in [4.69, 9.17) is 8.92 Å². The number of hydrogen-bond acceptors (Lipinski definition) is 4.